The second-order valence-corrected chi connectivity index (χ2v) is 4.79. The summed E-state index contributed by atoms with van der Waals surface area (Å²) in [5.74, 6) is -0.355. The predicted octanol–water partition coefficient (Wildman–Crippen LogP) is 2.26. The van der Waals surface area contributed by atoms with E-state index in [4.69, 9.17) is 0 Å². The van der Waals surface area contributed by atoms with Gasteiger partial charge in [0.15, 0.2) is 0 Å². The Morgan fingerprint density at radius 2 is 2.00 bits per heavy atom. The van der Waals surface area contributed by atoms with Crippen LogP contribution >= 0.6 is 0 Å². The first-order chi connectivity index (χ1) is 10.1. The van der Waals surface area contributed by atoms with Crippen LogP contribution in [-0.4, -0.2) is 42.5 Å². The van der Waals surface area contributed by atoms with Crippen molar-refractivity contribution in [2.45, 2.75) is 12.8 Å². The molecule has 2 rings (SSSR count). The molecule has 2 aromatic rings. The molecule has 0 unspecified atom stereocenters. The summed E-state index contributed by atoms with van der Waals surface area (Å²) in [5, 5.41) is 0.936. The molecule has 0 aliphatic rings. The van der Waals surface area contributed by atoms with Crippen LogP contribution < -0.4 is 0 Å². The van der Waals surface area contributed by atoms with Gasteiger partial charge in [0.1, 0.15) is 0 Å². The first kappa shape index (κ1) is 15.0. The van der Waals surface area contributed by atoms with Crippen molar-refractivity contribution in [1.82, 2.24) is 9.88 Å². The summed E-state index contributed by atoms with van der Waals surface area (Å²) in [7, 11) is 3.08. The SMILES string of the molecule is COC(=O)CCCN(C)C(=O)c1cccc2cccnc12. The van der Waals surface area contributed by atoms with E-state index in [9.17, 15) is 9.59 Å². The summed E-state index contributed by atoms with van der Waals surface area (Å²) < 4.78 is 4.58. The van der Waals surface area contributed by atoms with E-state index >= 15 is 0 Å². The van der Waals surface area contributed by atoms with Gasteiger partial charge in [0.2, 0.25) is 0 Å². The van der Waals surface area contributed by atoms with Crippen LogP contribution in [0.1, 0.15) is 23.2 Å². The zero-order valence-corrected chi connectivity index (χ0v) is 12.2. The first-order valence-electron chi connectivity index (χ1n) is 6.79. The van der Waals surface area contributed by atoms with E-state index in [1.165, 1.54) is 7.11 Å². The van der Waals surface area contributed by atoms with E-state index < -0.39 is 0 Å². The number of aromatic nitrogens is 1. The minimum absolute atomic E-state index is 0.0934. The molecule has 5 heteroatoms. The third-order valence-corrected chi connectivity index (χ3v) is 3.31. The molecule has 0 atom stereocenters. The molecule has 110 valence electrons. The molecule has 1 amide bonds. The Morgan fingerprint density at radius 3 is 2.76 bits per heavy atom. The fourth-order valence-corrected chi connectivity index (χ4v) is 2.15. The van der Waals surface area contributed by atoms with E-state index in [1.807, 2.05) is 24.3 Å². The molecule has 0 aliphatic carbocycles. The van der Waals surface area contributed by atoms with Gasteiger partial charge in [-0.3, -0.25) is 14.6 Å². The number of pyridine rings is 1. The molecule has 1 aromatic heterocycles. The lowest BCUT2D eigenvalue weighted by Crippen LogP contribution is -2.28. The number of hydrogen-bond donors (Lipinski definition) is 0. The van der Waals surface area contributed by atoms with Crippen LogP contribution in [-0.2, 0) is 9.53 Å². The molecule has 0 aliphatic heterocycles. The first-order valence-corrected chi connectivity index (χ1v) is 6.79. The molecule has 0 fully saturated rings. The summed E-state index contributed by atoms with van der Waals surface area (Å²) in [6.45, 7) is 0.497. The highest BCUT2D eigenvalue weighted by Crippen LogP contribution is 2.17. The second kappa shape index (κ2) is 6.83. The van der Waals surface area contributed by atoms with Gasteiger partial charge in [-0.2, -0.15) is 0 Å². The molecule has 0 spiro atoms. The van der Waals surface area contributed by atoms with Crippen molar-refractivity contribution in [3.05, 3.63) is 42.1 Å². The molecular weight excluding hydrogens is 268 g/mol. The number of carbonyl (C=O) groups is 2. The molecule has 0 saturated carbocycles. The van der Waals surface area contributed by atoms with Crippen molar-refractivity contribution in [3.63, 3.8) is 0 Å². The quantitative estimate of drug-likeness (QED) is 0.791. The molecule has 0 radical (unpaired) electrons. The molecule has 1 heterocycles. The minimum atomic E-state index is -0.261. The Balaban J connectivity index is 2.09. The second-order valence-electron chi connectivity index (χ2n) is 4.79. The Morgan fingerprint density at radius 1 is 1.24 bits per heavy atom. The summed E-state index contributed by atoms with van der Waals surface area (Å²) >= 11 is 0. The van der Waals surface area contributed by atoms with E-state index in [0.29, 0.717) is 30.5 Å². The maximum absolute atomic E-state index is 12.5. The van der Waals surface area contributed by atoms with Crippen molar-refractivity contribution in [2.75, 3.05) is 20.7 Å². The monoisotopic (exact) mass is 286 g/mol. The smallest absolute Gasteiger partial charge is 0.305 e. The normalized spacial score (nSPS) is 10.4. The maximum Gasteiger partial charge on any atom is 0.305 e. The number of rotatable bonds is 5. The Kier molecular flexibility index (Phi) is 4.87. The topological polar surface area (TPSA) is 59.5 Å². The molecule has 0 N–H and O–H groups in total. The molecular formula is C16H18N2O3. The van der Waals surface area contributed by atoms with E-state index in [-0.39, 0.29) is 11.9 Å². The minimum Gasteiger partial charge on any atom is -0.469 e. The Hall–Kier alpha value is -2.43. The molecule has 0 saturated heterocycles. The van der Waals surface area contributed by atoms with Gasteiger partial charge in [0.25, 0.3) is 5.91 Å². The van der Waals surface area contributed by atoms with E-state index in [1.54, 1.807) is 24.2 Å². The van der Waals surface area contributed by atoms with Crippen molar-refractivity contribution in [3.8, 4) is 0 Å². The lowest BCUT2D eigenvalue weighted by Gasteiger charge is -2.17. The van der Waals surface area contributed by atoms with Crippen LogP contribution in [0.3, 0.4) is 0 Å². The third kappa shape index (κ3) is 3.56. The highest BCUT2D eigenvalue weighted by molar-refractivity contribution is 6.05. The number of hydrogen-bond acceptors (Lipinski definition) is 4. The van der Waals surface area contributed by atoms with E-state index in [2.05, 4.69) is 9.72 Å². The van der Waals surface area contributed by atoms with Crippen LogP contribution in [0.2, 0.25) is 0 Å². The standard InChI is InChI=1S/C16H18N2O3/c1-18(11-5-9-14(19)21-2)16(20)13-8-3-6-12-7-4-10-17-15(12)13/h3-4,6-8,10H,5,9,11H2,1-2H3. The van der Waals surface area contributed by atoms with Crippen LogP contribution in [0.25, 0.3) is 10.9 Å². The van der Waals surface area contributed by atoms with Gasteiger partial charge in [-0.05, 0) is 18.6 Å². The number of para-hydroxylation sites is 1. The zero-order chi connectivity index (χ0) is 15.2. The number of fused-ring (bicyclic) bond motifs is 1. The van der Waals surface area contributed by atoms with Crippen molar-refractivity contribution in [1.29, 1.82) is 0 Å². The fraction of sp³-hybridized carbons (Fsp3) is 0.312. The molecule has 21 heavy (non-hydrogen) atoms. The maximum atomic E-state index is 12.5. The Labute approximate surface area is 123 Å². The van der Waals surface area contributed by atoms with Crippen molar-refractivity contribution in [2.24, 2.45) is 0 Å². The molecule has 5 nitrogen and oxygen atoms in total. The average Bonchev–Trinajstić information content (AvgIpc) is 2.53. The predicted molar refractivity (Wildman–Crippen MR) is 80.0 cm³/mol. The number of ether oxygens (including phenoxy) is 1. The van der Waals surface area contributed by atoms with Crippen LogP contribution in [0.15, 0.2) is 36.5 Å². The lowest BCUT2D eigenvalue weighted by molar-refractivity contribution is -0.140. The highest BCUT2D eigenvalue weighted by Gasteiger charge is 2.15. The zero-order valence-electron chi connectivity index (χ0n) is 12.2. The average molecular weight is 286 g/mol. The summed E-state index contributed by atoms with van der Waals surface area (Å²) in [6, 6.07) is 9.32. The van der Waals surface area contributed by atoms with Gasteiger partial charge >= 0.3 is 5.97 Å². The van der Waals surface area contributed by atoms with Gasteiger partial charge in [-0.1, -0.05) is 18.2 Å². The van der Waals surface area contributed by atoms with Gasteiger partial charge in [-0.15, -0.1) is 0 Å². The van der Waals surface area contributed by atoms with Crippen molar-refractivity contribution >= 4 is 22.8 Å². The summed E-state index contributed by atoms with van der Waals surface area (Å²) in [4.78, 5) is 29.4. The van der Waals surface area contributed by atoms with Crippen LogP contribution in [0.4, 0.5) is 0 Å². The fourth-order valence-electron chi connectivity index (χ4n) is 2.15. The number of nitrogens with zero attached hydrogens (tertiary/aromatic N) is 2. The van der Waals surface area contributed by atoms with Gasteiger partial charge < -0.3 is 9.64 Å². The molecule has 1 aromatic carbocycles. The van der Waals surface area contributed by atoms with Crippen molar-refractivity contribution < 1.29 is 14.3 Å². The van der Waals surface area contributed by atoms with Gasteiger partial charge in [0, 0.05) is 31.6 Å². The number of carbonyl (C=O) groups excluding carboxylic acids is 2. The number of methoxy groups -OCH3 is 1. The van der Waals surface area contributed by atoms with Crippen LogP contribution in [0, 0.1) is 0 Å². The molecule has 0 bridgehead atoms. The third-order valence-electron chi connectivity index (χ3n) is 3.31. The Bertz CT molecular complexity index is 650. The largest absolute Gasteiger partial charge is 0.469 e. The highest BCUT2D eigenvalue weighted by atomic mass is 16.5. The van der Waals surface area contributed by atoms with Gasteiger partial charge in [-0.25, -0.2) is 0 Å². The summed E-state index contributed by atoms with van der Waals surface area (Å²) in [6.07, 6.45) is 2.56. The van der Waals surface area contributed by atoms with Gasteiger partial charge in [0.05, 0.1) is 18.2 Å². The van der Waals surface area contributed by atoms with E-state index in [0.717, 1.165) is 5.39 Å². The van der Waals surface area contributed by atoms with Crippen LogP contribution in [0.5, 0.6) is 0 Å². The number of esters is 1. The lowest BCUT2D eigenvalue weighted by atomic mass is 10.1. The number of benzene rings is 1. The summed E-state index contributed by atoms with van der Waals surface area (Å²) in [5.41, 5.74) is 1.28. The number of amides is 1.